The number of methoxy groups -OCH3 is 1. The van der Waals surface area contributed by atoms with Gasteiger partial charge in [0.1, 0.15) is 6.73 Å². The average molecular weight is 482 g/mol. The van der Waals surface area contributed by atoms with Gasteiger partial charge in [0.25, 0.3) is 0 Å². The van der Waals surface area contributed by atoms with Crippen LogP contribution in [-0.4, -0.2) is 42.3 Å². The highest BCUT2D eigenvalue weighted by atomic mass is 35.5. The molecular formula is C20H17Cl2F4NO4. The molecule has 2 aromatic rings. The number of nitrogens with zero attached hydrogens (tertiary/aromatic N) is 1. The van der Waals surface area contributed by atoms with Gasteiger partial charge in [0.05, 0.1) is 11.6 Å². The number of aromatic carboxylic acids is 1. The molecule has 31 heavy (non-hydrogen) atoms. The van der Waals surface area contributed by atoms with Crippen molar-refractivity contribution in [1.82, 2.24) is 5.06 Å². The number of aryl methyl sites for hydroxylation is 1. The van der Waals surface area contributed by atoms with Gasteiger partial charge >= 0.3 is 12.1 Å². The summed E-state index contributed by atoms with van der Waals surface area (Å²) in [6, 6.07) is 5.31. The molecule has 3 rings (SSSR count). The summed E-state index contributed by atoms with van der Waals surface area (Å²) in [6.45, 7) is 0.974. The Morgan fingerprint density at radius 3 is 2.32 bits per heavy atom. The second-order valence-corrected chi connectivity index (χ2v) is 7.92. The molecule has 0 radical (unpaired) electrons. The van der Waals surface area contributed by atoms with E-state index < -0.39 is 42.3 Å². The summed E-state index contributed by atoms with van der Waals surface area (Å²) >= 11 is 11.8. The molecule has 1 fully saturated rings. The van der Waals surface area contributed by atoms with Crippen LogP contribution < -0.4 is 0 Å². The molecule has 1 aliphatic heterocycles. The summed E-state index contributed by atoms with van der Waals surface area (Å²) in [5.74, 6) is -1.21. The van der Waals surface area contributed by atoms with E-state index in [1.165, 1.54) is 38.3 Å². The zero-order valence-corrected chi connectivity index (χ0v) is 17.7. The quantitative estimate of drug-likeness (QED) is 0.556. The van der Waals surface area contributed by atoms with Gasteiger partial charge in [0.2, 0.25) is 5.60 Å². The number of ether oxygens (including phenoxy) is 1. The second-order valence-electron chi connectivity index (χ2n) is 7.04. The van der Waals surface area contributed by atoms with Crippen molar-refractivity contribution in [2.24, 2.45) is 0 Å². The van der Waals surface area contributed by atoms with E-state index in [1.54, 1.807) is 0 Å². The van der Waals surface area contributed by atoms with E-state index in [4.69, 9.17) is 32.8 Å². The predicted octanol–water partition coefficient (Wildman–Crippen LogP) is 5.69. The minimum Gasteiger partial charge on any atom is -0.478 e. The first-order valence-corrected chi connectivity index (χ1v) is 9.64. The molecule has 5 nitrogen and oxygen atoms in total. The van der Waals surface area contributed by atoms with E-state index in [0.717, 1.165) is 17.2 Å². The summed E-state index contributed by atoms with van der Waals surface area (Å²) in [6.07, 6.45) is -7.86. The highest BCUT2D eigenvalue weighted by Crippen LogP contribution is 2.56. The molecule has 0 aromatic heterocycles. The SMILES string of the molecule is COCN1OC(c2cc(Cl)cc(Cl)c2)(C(F)(F)F)C(F)C1c1ccc(C(=O)O)c(C)c1. The highest BCUT2D eigenvalue weighted by molar-refractivity contribution is 6.34. The minimum absolute atomic E-state index is 0.0555. The molecule has 0 spiro atoms. The van der Waals surface area contributed by atoms with Crippen LogP contribution in [0.4, 0.5) is 17.6 Å². The maximum absolute atomic E-state index is 15.9. The predicted molar refractivity (Wildman–Crippen MR) is 105 cm³/mol. The number of halogens is 6. The molecule has 0 aliphatic carbocycles. The third-order valence-electron chi connectivity index (χ3n) is 5.03. The molecule has 1 heterocycles. The van der Waals surface area contributed by atoms with Crippen molar-refractivity contribution >= 4 is 29.2 Å². The molecule has 0 amide bonds. The number of hydrogen-bond donors (Lipinski definition) is 1. The first-order valence-electron chi connectivity index (χ1n) is 8.88. The molecule has 168 valence electrons. The summed E-state index contributed by atoms with van der Waals surface area (Å²) in [4.78, 5) is 16.5. The summed E-state index contributed by atoms with van der Waals surface area (Å²) < 4.78 is 63.9. The number of carboxylic acids is 1. The van der Waals surface area contributed by atoms with Gasteiger partial charge in [-0.2, -0.15) is 18.2 Å². The highest BCUT2D eigenvalue weighted by Gasteiger charge is 2.71. The van der Waals surface area contributed by atoms with Crippen LogP contribution in [0.2, 0.25) is 10.0 Å². The van der Waals surface area contributed by atoms with Gasteiger partial charge in [0, 0.05) is 22.7 Å². The van der Waals surface area contributed by atoms with Crippen molar-refractivity contribution in [2.75, 3.05) is 13.8 Å². The van der Waals surface area contributed by atoms with Crippen LogP contribution in [0.5, 0.6) is 0 Å². The monoisotopic (exact) mass is 481 g/mol. The van der Waals surface area contributed by atoms with Crippen molar-refractivity contribution in [2.45, 2.75) is 30.9 Å². The van der Waals surface area contributed by atoms with Gasteiger partial charge in [-0.05, 0) is 42.3 Å². The number of hydroxylamine groups is 2. The van der Waals surface area contributed by atoms with E-state index in [9.17, 15) is 23.1 Å². The number of alkyl halides is 4. The van der Waals surface area contributed by atoms with Crippen LogP contribution in [0.25, 0.3) is 0 Å². The molecule has 1 N–H and O–H groups in total. The van der Waals surface area contributed by atoms with E-state index in [0.29, 0.717) is 0 Å². The topological polar surface area (TPSA) is 59.0 Å². The normalized spacial score (nSPS) is 24.5. The molecule has 3 unspecified atom stereocenters. The Bertz CT molecular complexity index is 983. The Labute approximate surface area is 185 Å². The fourth-order valence-corrected chi connectivity index (χ4v) is 4.22. The van der Waals surface area contributed by atoms with Gasteiger partial charge < -0.3 is 9.84 Å². The molecule has 11 heteroatoms. The van der Waals surface area contributed by atoms with Crippen LogP contribution in [0, 0.1) is 6.92 Å². The number of benzene rings is 2. The Morgan fingerprint density at radius 2 is 1.84 bits per heavy atom. The number of rotatable bonds is 5. The molecule has 1 aliphatic rings. The first kappa shape index (κ1) is 23.7. The molecule has 0 bridgehead atoms. The standard InChI is InChI=1S/C20H17Cl2F4NO4/c1-10-5-11(3-4-15(10)18(28)29)16-17(23)19(20(24,25)26,31-27(16)9-30-2)12-6-13(21)8-14(22)7-12/h3-8,16-17H,9H2,1-2H3,(H,28,29). The summed E-state index contributed by atoms with van der Waals surface area (Å²) in [5, 5.41) is 9.70. The molecule has 0 saturated carbocycles. The van der Waals surface area contributed by atoms with Crippen LogP contribution in [0.15, 0.2) is 36.4 Å². The lowest BCUT2D eigenvalue weighted by molar-refractivity contribution is -0.344. The maximum atomic E-state index is 15.9. The van der Waals surface area contributed by atoms with Crippen molar-refractivity contribution in [1.29, 1.82) is 0 Å². The molecular weight excluding hydrogens is 465 g/mol. The second kappa shape index (κ2) is 8.55. The molecule has 2 aromatic carbocycles. The largest absolute Gasteiger partial charge is 0.478 e. The minimum atomic E-state index is -5.20. The lowest BCUT2D eigenvalue weighted by Crippen LogP contribution is -2.49. The number of carbonyl (C=O) groups is 1. The Morgan fingerprint density at radius 1 is 1.23 bits per heavy atom. The summed E-state index contributed by atoms with van der Waals surface area (Å²) in [7, 11) is 1.22. The summed E-state index contributed by atoms with van der Waals surface area (Å²) in [5.41, 5.74) is -3.73. The molecule has 3 atom stereocenters. The zero-order chi connectivity index (χ0) is 23.1. The average Bonchev–Trinajstić information content (AvgIpc) is 2.94. The van der Waals surface area contributed by atoms with Gasteiger partial charge in [-0.15, -0.1) is 0 Å². The maximum Gasteiger partial charge on any atom is 0.426 e. The third kappa shape index (κ3) is 4.12. The van der Waals surface area contributed by atoms with Crippen molar-refractivity contribution in [3.63, 3.8) is 0 Å². The fourth-order valence-electron chi connectivity index (χ4n) is 3.69. The van der Waals surface area contributed by atoms with Gasteiger partial charge in [-0.3, -0.25) is 4.84 Å². The van der Waals surface area contributed by atoms with Crippen molar-refractivity contribution < 1.29 is 37.0 Å². The molecule has 1 saturated heterocycles. The van der Waals surface area contributed by atoms with Crippen LogP contribution in [0.1, 0.15) is 33.1 Å². The Hall–Kier alpha value is -1.91. The van der Waals surface area contributed by atoms with E-state index in [-0.39, 0.29) is 26.7 Å². The zero-order valence-electron chi connectivity index (χ0n) is 16.2. The van der Waals surface area contributed by atoms with Crippen molar-refractivity contribution in [3.8, 4) is 0 Å². The number of carboxylic acid groups (broad SMARTS) is 1. The third-order valence-corrected chi connectivity index (χ3v) is 5.46. The fraction of sp³-hybridized carbons (Fsp3) is 0.350. The van der Waals surface area contributed by atoms with Crippen LogP contribution in [0.3, 0.4) is 0 Å². The van der Waals surface area contributed by atoms with E-state index in [2.05, 4.69) is 0 Å². The van der Waals surface area contributed by atoms with Crippen molar-refractivity contribution in [3.05, 3.63) is 68.7 Å². The lowest BCUT2D eigenvalue weighted by atomic mass is 9.83. The Balaban J connectivity index is 2.20. The number of hydrogen-bond acceptors (Lipinski definition) is 4. The van der Waals surface area contributed by atoms with E-state index in [1.807, 2.05) is 0 Å². The van der Waals surface area contributed by atoms with Crippen LogP contribution in [-0.2, 0) is 15.2 Å². The Kier molecular flexibility index (Phi) is 6.55. The van der Waals surface area contributed by atoms with Gasteiger partial charge in [-0.25, -0.2) is 9.18 Å². The van der Waals surface area contributed by atoms with Gasteiger partial charge in [0.15, 0.2) is 6.17 Å². The lowest BCUT2D eigenvalue weighted by Gasteiger charge is -2.32. The van der Waals surface area contributed by atoms with Crippen LogP contribution >= 0.6 is 23.2 Å². The smallest absolute Gasteiger partial charge is 0.426 e. The first-order chi connectivity index (χ1) is 14.4. The van der Waals surface area contributed by atoms with E-state index >= 15 is 4.39 Å². The van der Waals surface area contributed by atoms with Gasteiger partial charge in [-0.1, -0.05) is 35.3 Å².